The smallest absolute Gasteiger partial charge is 0.269 e. The Morgan fingerprint density at radius 2 is 1.00 bits per heavy atom. The summed E-state index contributed by atoms with van der Waals surface area (Å²) in [5.74, 6) is -1.61. The molecule has 9 heteroatoms. The van der Waals surface area contributed by atoms with Gasteiger partial charge in [0.1, 0.15) is 11.6 Å². The van der Waals surface area contributed by atoms with E-state index in [1.165, 1.54) is 53.4 Å². The maximum Gasteiger partial charge on any atom is 0.269 e. The van der Waals surface area contributed by atoms with Gasteiger partial charge in [0.15, 0.2) is 0 Å². The average Bonchev–Trinajstić information content (AvgIpc) is 2.62. The van der Waals surface area contributed by atoms with Crippen LogP contribution in [-0.4, -0.2) is 9.85 Å². The monoisotopic (exact) mass is 371 g/mol. The van der Waals surface area contributed by atoms with Gasteiger partial charge in [0.2, 0.25) is 0 Å². The highest BCUT2D eigenvalue weighted by Crippen LogP contribution is 2.36. The lowest BCUT2D eigenvalue weighted by molar-refractivity contribution is -0.385. The molecule has 136 valence electrons. The van der Waals surface area contributed by atoms with Crippen LogP contribution in [-0.2, 0) is 0 Å². The van der Waals surface area contributed by atoms with Gasteiger partial charge in [-0.15, -0.1) is 0 Å². The van der Waals surface area contributed by atoms with Crippen molar-refractivity contribution in [2.75, 3.05) is 4.90 Å². The van der Waals surface area contributed by atoms with Crippen LogP contribution in [0.2, 0.25) is 0 Å². The van der Waals surface area contributed by atoms with Crippen LogP contribution in [0.25, 0.3) is 0 Å². The molecule has 0 unspecified atom stereocenters. The van der Waals surface area contributed by atoms with E-state index in [2.05, 4.69) is 0 Å². The van der Waals surface area contributed by atoms with Gasteiger partial charge in [-0.25, -0.2) is 8.78 Å². The number of anilines is 3. The van der Waals surface area contributed by atoms with E-state index in [1.807, 2.05) is 0 Å². The number of hydrogen-bond donors (Lipinski definition) is 0. The number of nitrogens with zero attached hydrogens (tertiary/aromatic N) is 3. The van der Waals surface area contributed by atoms with E-state index in [-0.39, 0.29) is 17.1 Å². The van der Waals surface area contributed by atoms with Crippen molar-refractivity contribution in [2.24, 2.45) is 0 Å². The molecule has 27 heavy (non-hydrogen) atoms. The maximum absolute atomic E-state index is 13.7. The third kappa shape index (κ3) is 3.87. The Bertz CT molecular complexity index is 930. The van der Waals surface area contributed by atoms with Crippen molar-refractivity contribution in [3.05, 3.63) is 98.6 Å². The zero-order chi connectivity index (χ0) is 19.6. The average molecular weight is 371 g/mol. The molecular weight excluding hydrogens is 360 g/mol. The van der Waals surface area contributed by atoms with E-state index in [0.29, 0.717) is 17.4 Å². The Balaban J connectivity index is 2.13. The molecule has 0 aliphatic rings. The Kier molecular flexibility index (Phi) is 4.75. The first-order chi connectivity index (χ1) is 12.8. The first kappa shape index (κ1) is 17.9. The number of halogens is 2. The van der Waals surface area contributed by atoms with Gasteiger partial charge in [0.05, 0.1) is 15.5 Å². The summed E-state index contributed by atoms with van der Waals surface area (Å²) in [6.07, 6.45) is 0. The van der Waals surface area contributed by atoms with Crippen molar-refractivity contribution < 1.29 is 18.6 Å². The zero-order valence-electron chi connectivity index (χ0n) is 13.6. The molecular formula is C18H11F2N3O4. The molecule has 0 spiro atoms. The molecule has 0 saturated heterocycles. The highest BCUT2D eigenvalue weighted by molar-refractivity contribution is 5.77. The van der Waals surface area contributed by atoms with Crippen LogP contribution >= 0.6 is 0 Å². The number of benzene rings is 3. The summed E-state index contributed by atoms with van der Waals surface area (Å²) in [5.41, 5.74) is 0.606. The quantitative estimate of drug-likeness (QED) is 0.451. The summed E-state index contributed by atoms with van der Waals surface area (Å²) < 4.78 is 27.4. The second-order valence-corrected chi connectivity index (χ2v) is 5.51. The van der Waals surface area contributed by atoms with Crippen molar-refractivity contribution in [1.29, 1.82) is 0 Å². The van der Waals surface area contributed by atoms with E-state index in [1.54, 1.807) is 0 Å². The number of rotatable bonds is 5. The minimum Gasteiger partial charge on any atom is -0.310 e. The summed E-state index contributed by atoms with van der Waals surface area (Å²) in [6.45, 7) is 0. The van der Waals surface area contributed by atoms with E-state index in [9.17, 15) is 29.0 Å². The molecule has 0 heterocycles. The van der Waals surface area contributed by atoms with Gasteiger partial charge in [0, 0.05) is 41.7 Å². The molecule has 7 nitrogen and oxygen atoms in total. The lowest BCUT2D eigenvalue weighted by atomic mass is 10.1. The van der Waals surface area contributed by atoms with Crippen molar-refractivity contribution in [2.45, 2.75) is 0 Å². The summed E-state index contributed by atoms with van der Waals surface area (Å²) >= 11 is 0. The maximum atomic E-state index is 13.7. The molecule has 3 aromatic carbocycles. The predicted molar refractivity (Wildman–Crippen MR) is 94.3 cm³/mol. The Morgan fingerprint density at radius 1 is 0.630 bits per heavy atom. The van der Waals surface area contributed by atoms with E-state index in [4.69, 9.17) is 0 Å². The standard InChI is InChI=1S/C18H11F2N3O4/c19-12-9-13(20)11-18(10-12)21(14-1-5-16(6-2-14)22(24)25)15-3-7-17(8-4-15)23(26)27/h1-11H. The highest BCUT2D eigenvalue weighted by atomic mass is 19.1. The van der Waals surface area contributed by atoms with E-state index < -0.39 is 21.5 Å². The van der Waals surface area contributed by atoms with Crippen LogP contribution in [0.1, 0.15) is 0 Å². The van der Waals surface area contributed by atoms with Crippen LogP contribution in [0.3, 0.4) is 0 Å². The molecule has 0 atom stereocenters. The molecule has 0 fully saturated rings. The number of nitro groups is 2. The minimum absolute atomic E-state index is 0.121. The first-order valence-corrected chi connectivity index (χ1v) is 7.60. The minimum atomic E-state index is -0.807. The fourth-order valence-corrected chi connectivity index (χ4v) is 2.56. The highest BCUT2D eigenvalue weighted by Gasteiger charge is 2.17. The van der Waals surface area contributed by atoms with Gasteiger partial charge < -0.3 is 4.90 Å². The molecule has 0 bridgehead atoms. The van der Waals surface area contributed by atoms with Gasteiger partial charge in [-0.3, -0.25) is 20.2 Å². The zero-order valence-corrected chi connectivity index (χ0v) is 13.6. The largest absolute Gasteiger partial charge is 0.310 e. The SMILES string of the molecule is O=[N+]([O-])c1ccc(N(c2ccc([N+](=O)[O-])cc2)c2cc(F)cc(F)c2)cc1. The summed E-state index contributed by atoms with van der Waals surface area (Å²) in [7, 11) is 0. The lowest BCUT2D eigenvalue weighted by Gasteiger charge is -2.25. The van der Waals surface area contributed by atoms with E-state index in [0.717, 1.165) is 12.1 Å². The summed E-state index contributed by atoms with van der Waals surface area (Å²) in [4.78, 5) is 22.0. The molecule has 0 N–H and O–H groups in total. The first-order valence-electron chi connectivity index (χ1n) is 7.60. The summed E-state index contributed by atoms with van der Waals surface area (Å²) in [6, 6.07) is 13.6. The second kappa shape index (κ2) is 7.16. The normalized spacial score (nSPS) is 10.4. The molecule has 0 aromatic heterocycles. The molecule has 3 aromatic rings. The van der Waals surface area contributed by atoms with E-state index >= 15 is 0 Å². The van der Waals surface area contributed by atoms with Gasteiger partial charge in [0.25, 0.3) is 11.4 Å². The Labute approximate surface area is 151 Å². The van der Waals surface area contributed by atoms with Crippen LogP contribution in [0.5, 0.6) is 0 Å². The van der Waals surface area contributed by atoms with Crippen LogP contribution in [0.15, 0.2) is 66.7 Å². The van der Waals surface area contributed by atoms with Crippen molar-refractivity contribution in [1.82, 2.24) is 0 Å². The molecule has 0 radical (unpaired) electrons. The van der Waals surface area contributed by atoms with Gasteiger partial charge in [-0.2, -0.15) is 0 Å². The third-order valence-electron chi connectivity index (χ3n) is 3.74. The van der Waals surface area contributed by atoms with Gasteiger partial charge in [-0.05, 0) is 36.4 Å². The fraction of sp³-hybridized carbons (Fsp3) is 0. The topological polar surface area (TPSA) is 89.5 Å². The molecule has 0 aliphatic carbocycles. The Hall–Kier alpha value is -3.88. The third-order valence-corrected chi connectivity index (χ3v) is 3.74. The van der Waals surface area contributed by atoms with Crippen LogP contribution in [0.4, 0.5) is 37.2 Å². The lowest BCUT2D eigenvalue weighted by Crippen LogP contribution is -2.10. The van der Waals surface area contributed by atoms with Gasteiger partial charge in [-0.1, -0.05) is 0 Å². The second-order valence-electron chi connectivity index (χ2n) is 5.51. The summed E-state index contributed by atoms with van der Waals surface area (Å²) in [5, 5.41) is 21.7. The van der Waals surface area contributed by atoms with Gasteiger partial charge >= 0.3 is 0 Å². The van der Waals surface area contributed by atoms with Crippen molar-refractivity contribution in [3.63, 3.8) is 0 Å². The fourth-order valence-electron chi connectivity index (χ4n) is 2.56. The molecule has 0 amide bonds. The number of non-ortho nitro benzene ring substituents is 2. The number of nitro benzene ring substituents is 2. The Morgan fingerprint density at radius 3 is 1.33 bits per heavy atom. The van der Waals surface area contributed by atoms with Crippen molar-refractivity contribution in [3.8, 4) is 0 Å². The molecule has 3 rings (SSSR count). The predicted octanol–water partition coefficient (Wildman–Crippen LogP) is 5.25. The van der Waals surface area contributed by atoms with Crippen LogP contribution in [0, 0.1) is 31.9 Å². The molecule has 0 saturated carbocycles. The van der Waals surface area contributed by atoms with Crippen molar-refractivity contribution >= 4 is 28.4 Å². The van der Waals surface area contributed by atoms with Crippen LogP contribution < -0.4 is 4.90 Å². The molecule has 0 aliphatic heterocycles. The number of hydrogen-bond acceptors (Lipinski definition) is 5.